The molecule has 13 heteroatoms. The van der Waals surface area contributed by atoms with Crippen molar-refractivity contribution >= 4 is 45.7 Å². The van der Waals surface area contributed by atoms with Crippen LogP contribution in [0, 0.1) is 0 Å². The van der Waals surface area contributed by atoms with E-state index in [2.05, 4.69) is 20.8 Å². The maximum absolute atomic E-state index is 14.3. The number of fused-ring (bicyclic) bond motifs is 1. The van der Waals surface area contributed by atoms with Crippen LogP contribution in [0.25, 0.3) is 10.1 Å². The minimum atomic E-state index is -4.31. The Balaban J connectivity index is 1.94. The van der Waals surface area contributed by atoms with Crippen LogP contribution < -0.4 is 4.74 Å². The van der Waals surface area contributed by atoms with E-state index in [0.29, 0.717) is 54.3 Å². The molecular weight excluding hydrogens is 532 g/mol. The summed E-state index contributed by atoms with van der Waals surface area (Å²) < 4.78 is 77.1. The van der Waals surface area contributed by atoms with Crippen molar-refractivity contribution in [2.24, 2.45) is 0 Å². The normalized spacial score (nSPS) is 16.4. The number of morpholine rings is 1. The van der Waals surface area contributed by atoms with Crippen molar-refractivity contribution in [3.05, 3.63) is 27.0 Å². The Morgan fingerprint density at radius 2 is 1.84 bits per heavy atom. The van der Waals surface area contributed by atoms with Gasteiger partial charge in [-0.05, 0) is 40.0 Å². The highest BCUT2D eigenvalue weighted by molar-refractivity contribution is 9.10. The lowest BCUT2D eigenvalue weighted by molar-refractivity contribution is -0.136. The van der Waals surface area contributed by atoms with Gasteiger partial charge in [0.2, 0.25) is 8.38 Å². The van der Waals surface area contributed by atoms with Gasteiger partial charge in [0.1, 0.15) is 5.75 Å². The molecule has 0 bridgehead atoms. The van der Waals surface area contributed by atoms with Gasteiger partial charge in [0.25, 0.3) is 0 Å². The number of benzene rings is 1. The average molecular weight is 552 g/mol. The third kappa shape index (κ3) is 6.25. The number of rotatable bonds is 8. The molecule has 1 aromatic heterocycles. The Morgan fingerprint density at radius 3 is 2.45 bits per heavy atom. The topological polar surface area (TPSA) is 62.2 Å². The summed E-state index contributed by atoms with van der Waals surface area (Å²) in [6.45, 7) is 2.76. The van der Waals surface area contributed by atoms with Crippen molar-refractivity contribution in [3.63, 3.8) is 0 Å². The Labute approximate surface area is 188 Å². The molecule has 2 heterocycles. The number of hydrogen-bond acceptors (Lipinski definition) is 6. The first-order valence-corrected chi connectivity index (χ1v) is 12.2. The SMILES string of the molecule is OP(O)C(F)(F)c1sc2c(OCCCC(F)(F)F)cc(CN3CCOCC3)cc2c1Br. The van der Waals surface area contributed by atoms with Crippen molar-refractivity contribution in [2.45, 2.75) is 31.2 Å². The average Bonchev–Trinajstić information content (AvgIpc) is 3.03. The minimum Gasteiger partial charge on any atom is -0.492 e. The standard InChI is InChI=1S/C18H20BrF5NO4PS/c19-14-12-8-11(10-25-3-6-28-7-4-25)9-13(29-5-1-2-17(20,21)22)15(12)31-16(14)18(23,24)30(26)27/h8-9,26-27H,1-7,10H2. The minimum absolute atomic E-state index is 0.0112. The Morgan fingerprint density at radius 1 is 1.16 bits per heavy atom. The van der Waals surface area contributed by atoms with Crippen LogP contribution in [0.3, 0.4) is 0 Å². The molecule has 1 aliphatic heterocycles. The van der Waals surface area contributed by atoms with Gasteiger partial charge in [-0.15, -0.1) is 11.3 Å². The van der Waals surface area contributed by atoms with E-state index in [1.807, 2.05) is 0 Å². The lowest BCUT2D eigenvalue weighted by Gasteiger charge is -2.26. The van der Waals surface area contributed by atoms with Crippen LogP contribution in [0.5, 0.6) is 5.75 Å². The highest BCUT2D eigenvalue weighted by Crippen LogP contribution is 2.58. The summed E-state index contributed by atoms with van der Waals surface area (Å²) in [5, 5.41) is 0.383. The van der Waals surface area contributed by atoms with E-state index >= 15 is 0 Å². The zero-order valence-electron chi connectivity index (χ0n) is 16.1. The molecule has 0 amide bonds. The molecule has 1 fully saturated rings. The van der Waals surface area contributed by atoms with Crippen LogP contribution in [0.2, 0.25) is 0 Å². The van der Waals surface area contributed by atoms with Crippen molar-refractivity contribution in [1.82, 2.24) is 4.90 Å². The van der Waals surface area contributed by atoms with Gasteiger partial charge in [-0.25, -0.2) is 0 Å². The molecule has 0 radical (unpaired) electrons. The second-order valence-corrected chi connectivity index (χ2v) is 9.96. The predicted octanol–water partition coefficient (Wildman–Crippen LogP) is 5.56. The van der Waals surface area contributed by atoms with Gasteiger partial charge in [0.15, 0.2) is 0 Å². The monoisotopic (exact) mass is 551 g/mol. The fourth-order valence-electron chi connectivity index (χ4n) is 3.15. The largest absolute Gasteiger partial charge is 0.492 e. The van der Waals surface area contributed by atoms with Crippen LogP contribution in [0.1, 0.15) is 23.3 Å². The van der Waals surface area contributed by atoms with Gasteiger partial charge >= 0.3 is 11.8 Å². The molecule has 1 saturated heterocycles. The number of nitrogens with zero attached hydrogens (tertiary/aromatic N) is 1. The quantitative estimate of drug-likeness (QED) is 0.255. The highest BCUT2D eigenvalue weighted by atomic mass is 79.9. The summed E-state index contributed by atoms with van der Waals surface area (Å²) in [6, 6.07) is 3.33. The lowest BCUT2D eigenvalue weighted by atomic mass is 10.1. The number of halogens is 6. The molecule has 2 N–H and O–H groups in total. The van der Waals surface area contributed by atoms with Crippen molar-refractivity contribution in [3.8, 4) is 5.75 Å². The van der Waals surface area contributed by atoms with Crippen LogP contribution in [0.4, 0.5) is 22.0 Å². The van der Waals surface area contributed by atoms with Gasteiger partial charge < -0.3 is 19.3 Å². The van der Waals surface area contributed by atoms with E-state index in [4.69, 9.17) is 9.47 Å². The number of alkyl halides is 5. The van der Waals surface area contributed by atoms with Crippen LogP contribution in [-0.4, -0.2) is 53.8 Å². The summed E-state index contributed by atoms with van der Waals surface area (Å²) in [5.41, 5.74) is -3.13. The summed E-state index contributed by atoms with van der Waals surface area (Å²) >= 11 is 3.76. The van der Waals surface area contributed by atoms with Gasteiger partial charge in [-0.1, -0.05) is 0 Å². The van der Waals surface area contributed by atoms with E-state index in [0.717, 1.165) is 5.56 Å². The Bertz CT molecular complexity index is 905. The number of thiophene rings is 1. The Hall–Kier alpha value is -0.620. The molecule has 1 aromatic carbocycles. The maximum atomic E-state index is 14.3. The molecule has 174 valence electrons. The molecule has 2 aromatic rings. The van der Waals surface area contributed by atoms with Crippen LogP contribution in [0.15, 0.2) is 16.6 Å². The highest BCUT2D eigenvalue weighted by Gasteiger charge is 2.45. The molecule has 1 aliphatic rings. The van der Waals surface area contributed by atoms with E-state index in [1.54, 1.807) is 12.1 Å². The first-order valence-electron chi connectivity index (χ1n) is 9.30. The molecule has 0 spiro atoms. The van der Waals surface area contributed by atoms with Gasteiger partial charge in [-0.3, -0.25) is 4.90 Å². The first kappa shape index (κ1) is 25.0. The molecule has 5 nitrogen and oxygen atoms in total. The predicted molar refractivity (Wildman–Crippen MR) is 112 cm³/mol. The number of hydrogen-bond donors (Lipinski definition) is 2. The van der Waals surface area contributed by atoms with Gasteiger partial charge in [-0.2, -0.15) is 22.0 Å². The molecule has 0 atom stereocenters. The van der Waals surface area contributed by atoms with E-state index in [1.165, 1.54) is 0 Å². The maximum Gasteiger partial charge on any atom is 0.389 e. The van der Waals surface area contributed by atoms with E-state index in [9.17, 15) is 31.7 Å². The van der Waals surface area contributed by atoms with Crippen molar-refractivity contribution in [1.29, 1.82) is 0 Å². The van der Waals surface area contributed by atoms with Crippen LogP contribution in [-0.2, 0) is 16.9 Å². The molecule has 3 rings (SSSR count). The zero-order chi connectivity index (χ0) is 22.8. The van der Waals surface area contributed by atoms with E-state index < -0.39 is 31.5 Å². The van der Waals surface area contributed by atoms with Crippen molar-refractivity contribution in [2.75, 3.05) is 32.9 Å². The second-order valence-electron chi connectivity index (χ2n) is 7.00. The molecular formula is C18H20BrF5NO4PS. The summed E-state index contributed by atoms with van der Waals surface area (Å²) in [7, 11) is -3.57. The summed E-state index contributed by atoms with van der Waals surface area (Å²) in [5.74, 6) is 0.191. The molecule has 0 saturated carbocycles. The number of ether oxygens (including phenoxy) is 2. The molecule has 0 unspecified atom stereocenters. The summed E-state index contributed by atoms with van der Waals surface area (Å²) in [4.78, 5) is 19.9. The fourth-order valence-corrected chi connectivity index (χ4v) is 5.93. The zero-order valence-corrected chi connectivity index (χ0v) is 19.4. The first-order chi connectivity index (χ1) is 14.5. The smallest absolute Gasteiger partial charge is 0.389 e. The lowest BCUT2D eigenvalue weighted by Crippen LogP contribution is -2.35. The van der Waals surface area contributed by atoms with Gasteiger partial charge in [0, 0.05) is 35.9 Å². The fraction of sp³-hybridized carbons (Fsp3) is 0.556. The van der Waals surface area contributed by atoms with Crippen molar-refractivity contribution < 1.29 is 41.2 Å². The van der Waals surface area contributed by atoms with Gasteiger partial charge in [0.05, 0.1) is 29.4 Å². The Kier molecular flexibility index (Phi) is 8.16. The molecule has 31 heavy (non-hydrogen) atoms. The third-order valence-corrected chi connectivity index (χ3v) is 7.90. The van der Waals surface area contributed by atoms with E-state index in [-0.39, 0.29) is 23.2 Å². The van der Waals surface area contributed by atoms with Crippen LogP contribution >= 0.6 is 35.6 Å². The summed E-state index contributed by atoms with van der Waals surface area (Å²) in [6.07, 6.45) is -5.59. The third-order valence-electron chi connectivity index (χ3n) is 4.65. The second kappa shape index (κ2) is 10.1. The molecule has 0 aliphatic carbocycles.